The molecule has 0 saturated carbocycles. The van der Waals surface area contributed by atoms with Crippen LogP contribution in [0.1, 0.15) is 57.6 Å². The molecule has 0 aliphatic heterocycles. The minimum Gasteiger partial charge on any atom is -0.464 e. The topological polar surface area (TPSA) is 95.0 Å². The maximum Gasteiger partial charge on any atom is 0.419 e. The van der Waals surface area contributed by atoms with Gasteiger partial charge >= 0.3 is 18.2 Å². The summed E-state index contributed by atoms with van der Waals surface area (Å²) in [6.45, 7) is 10.7. The number of ether oxygens (including phenoxy) is 3. The maximum atomic E-state index is 13.1. The fourth-order valence-electron chi connectivity index (χ4n) is 1.75. The zero-order valence-corrected chi connectivity index (χ0v) is 20.1. The van der Waals surface area contributed by atoms with E-state index < -0.39 is 39.7 Å². The Morgan fingerprint density at radius 2 is 1.61 bits per heavy atom. The first-order valence-electron chi connectivity index (χ1n) is 8.78. The van der Waals surface area contributed by atoms with Crippen LogP contribution in [0, 0.1) is 0 Å². The molecule has 8 nitrogen and oxygen atoms in total. The van der Waals surface area contributed by atoms with E-state index in [0.717, 1.165) is 12.0 Å². The standard InChI is InChI=1S/C14H16BrF3N2O4.C5H10O2/c1-13(2,3)24-12(22)20(4)8-6-7(14(16,17)18)10(15)19-9(8)11(21)23-5;1-5(2,3)7-4-6/h6H,1-5H3;4H,1-3H3. The molecule has 0 spiro atoms. The highest BCUT2D eigenvalue weighted by molar-refractivity contribution is 9.10. The van der Waals surface area contributed by atoms with Crippen molar-refractivity contribution in [1.29, 1.82) is 0 Å². The number of anilines is 1. The van der Waals surface area contributed by atoms with Gasteiger partial charge in [-0.15, -0.1) is 0 Å². The molecule has 1 rings (SSSR count). The molecule has 0 bridgehead atoms. The van der Waals surface area contributed by atoms with Crippen molar-refractivity contribution in [2.75, 3.05) is 19.1 Å². The molecule has 176 valence electrons. The number of alkyl halides is 3. The molecule has 12 heteroatoms. The van der Waals surface area contributed by atoms with E-state index in [1.807, 2.05) is 20.8 Å². The predicted octanol–water partition coefficient (Wildman–Crippen LogP) is 4.98. The monoisotopic (exact) mass is 514 g/mol. The van der Waals surface area contributed by atoms with Crippen LogP contribution in [-0.4, -0.2) is 48.9 Å². The van der Waals surface area contributed by atoms with E-state index >= 15 is 0 Å². The molecule has 0 aliphatic carbocycles. The molecule has 0 atom stereocenters. The van der Waals surface area contributed by atoms with Crippen molar-refractivity contribution in [2.24, 2.45) is 0 Å². The molecule has 1 aromatic heterocycles. The van der Waals surface area contributed by atoms with Crippen molar-refractivity contribution in [2.45, 2.75) is 58.9 Å². The molecule has 31 heavy (non-hydrogen) atoms. The average molecular weight is 515 g/mol. The first-order chi connectivity index (χ1) is 13.8. The van der Waals surface area contributed by atoms with Crippen LogP contribution in [0.15, 0.2) is 10.7 Å². The summed E-state index contributed by atoms with van der Waals surface area (Å²) in [6, 6.07) is 0.632. The lowest BCUT2D eigenvalue weighted by atomic mass is 10.2. The van der Waals surface area contributed by atoms with E-state index in [1.54, 1.807) is 20.8 Å². The van der Waals surface area contributed by atoms with E-state index in [4.69, 9.17) is 4.74 Å². The van der Waals surface area contributed by atoms with Gasteiger partial charge in [0.25, 0.3) is 6.47 Å². The van der Waals surface area contributed by atoms with Crippen molar-refractivity contribution in [3.63, 3.8) is 0 Å². The number of pyridine rings is 1. The Labute approximate surface area is 187 Å². The Morgan fingerprint density at radius 1 is 1.10 bits per heavy atom. The number of halogens is 4. The predicted molar refractivity (Wildman–Crippen MR) is 110 cm³/mol. The van der Waals surface area contributed by atoms with Crippen LogP contribution in [0.25, 0.3) is 0 Å². The van der Waals surface area contributed by atoms with Gasteiger partial charge in [0.1, 0.15) is 15.8 Å². The molecule has 0 aliphatic rings. The molecule has 1 heterocycles. The lowest BCUT2D eigenvalue weighted by Gasteiger charge is -2.26. The Morgan fingerprint density at radius 3 is 1.94 bits per heavy atom. The first kappa shape index (κ1) is 28.6. The van der Waals surface area contributed by atoms with E-state index in [0.29, 0.717) is 12.5 Å². The van der Waals surface area contributed by atoms with Crippen LogP contribution in [0.4, 0.5) is 23.7 Å². The van der Waals surface area contributed by atoms with Gasteiger partial charge in [-0.25, -0.2) is 14.6 Å². The third kappa shape index (κ3) is 9.99. The second-order valence-corrected chi connectivity index (χ2v) is 8.80. The van der Waals surface area contributed by atoms with Crippen molar-refractivity contribution in [3.8, 4) is 0 Å². The maximum absolute atomic E-state index is 13.1. The van der Waals surface area contributed by atoms with E-state index in [-0.39, 0.29) is 11.3 Å². The second-order valence-electron chi connectivity index (χ2n) is 8.05. The molecule has 0 N–H and O–H groups in total. The molecule has 0 unspecified atom stereocenters. The van der Waals surface area contributed by atoms with Crippen LogP contribution >= 0.6 is 15.9 Å². The van der Waals surface area contributed by atoms with Crippen LogP contribution in [0.2, 0.25) is 0 Å². The number of rotatable bonds is 3. The van der Waals surface area contributed by atoms with Gasteiger partial charge in [-0.3, -0.25) is 9.69 Å². The van der Waals surface area contributed by atoms with Crippen LogP contribution in [0.5, 0.6) is 0 Å². The van der Waals surface area contributed by atoms with Gasteiger partial charge in [0.05, 0.1) is 18.4 Å². The van der Waals surface area contributed by atoms with Crippen LogP contribution < -0.4 is 4.90 Å². The smallest absolute Gasteiger partial charge is 0.419 e. The highest BCUT2D eigenvalue weighted by Gasteiger charge is 2.37. The second kappa shape index (κ2) is 10.8. The molecule has 0 fully saturated rings. The molecule has 1 aromatic rings. The number of carbonyl (C=O) groups excluding carboxylic acids is 3. The fourth-order valence-corrected chi connectivity index (χ4v) is 2.27. The summed E-state index contributed by atoms with van der Waals surface area (Å²) in [6.07, 6.45) is -5.67. The summed E-state index contributed by atoms with van der Waals surface area (Å²) in [4.78, 5) is 37.8. The molecule has 0 radical (unpaired) electrons. The quantitative estimate of drug-likeness (QED) is 0.243. The summed E-state index contributed by atoms with van der Waals surface area (Å²) in [5, 5.41) is 0. The van der Waals surface area contributed by atoms with E-state index in [1.165, 1.54) is 7.05 Å². The number of amides is 1. The van der Waals surface area contributed by atoms with E-state index in [9.17, 15) is 27.6 Å². The molecular weight excluding hydrogens is 489 g/mol. The highest BCUT2D eigenvalue weighted by Crippen LogP contribution is 2.37. The van der Waals surface area contributed by atoms with Crippen molar-refractivity contribution >= 4 is 40.2 Å². The van der Waals surface area contributed by atoms with E-state index in [2.05, 4.69) is 30.4 Å². The van der Waals surface area contributed by atoms with Gasteiger partial charge < -0.3 is 14.2 Å². The minimum atomic E-state index is -4.73. The summed E-state index contributed by atoms with van der Waals surface area (Å²) in [5.41, 5.74) is -3.16. The van der Waals surface area contributed by atoms with Gasteiger partial charge in [0.2, 0.25) is 0 Å². The highest BCUT2D eigenvalue weighted by atomic mass is 79.9. The number of hydrogen-bond donors (Lipinski definition) is 0. The minimum absolute atomic E-state index is 0.318. The van der Waals surface area contributed by atoms with Crippen LogP contribution in [-0.2, 0) is 25.2 Å². The van der Waals surface area contributed by atoms with Crippen molar-refractivity contribution < 1.29 is 41.8 Å². The number of aromatic nitrogens is 1. The Hall–Kier alpha value is -2.37. The zero-order chi connectivity index (χ0) is 24.8. The Kier molecular flexibility index (Phi) is 9.96. The lowest BCUT2D eigenvalue weighted by Crippen LogP contribution is -2.35. The summed E-state index contributed by atoms with van der Waals surface area (Å²) in [7, 11) is 2.22. The Balaban J connectivity index is 0.00000110. The normalized spacial score (nSPS) is 11.6. The lowest BCUT2D eigenvalue weighted by molar-refractivity contribution is -0.139. The summed E-state index contributed by atoms with van der Waals surface area (Å²) >= 11 is 2.68. The number of hydrogen-bond acceptors (Lipinski definition) is 7. The largest absolute Gasteiger partial charge is 0.464 e. The van der Waals surface area contributed by atoms with Crippen molar-refractivity contribution in [3.05, 3.63) is 21.9 Å². The number of nitrogens with zero attached hydrogens (tertiary/aromatic N) is 2. The molecule has 0 saturated heterocycles. The van der Waals surface area contributed by atoms with Gasteiger partial charge in [0.15, 0.2) is 5.69 Å². The summed E-state index contributed by atoms with van der Waals surface area (Å²) in [5.74, 6) is -0.991. The third-order valence-electron chi connectivity index (χ3n) is 3.07. The van der Waals surface area contributed by atoms with Gasteiger partial charge in [-0.2, -0.15) is 13.2 Å². The first-order valence-corrected chi connectivity index (χ1v) is 9.57. The van der Waals surface area contributed by atoms with Gasteiger partial charge in [0, 0.05) is 7.05 Å². The third-order valence-corrected chi connectivity index (χ3v) is 3.67. The van der Waals surface area contributed by atoms with Crippen molar-refractivity contribution in [1.82, 2.24) is 4.98 Å². The average Bonchev–Trinajstić information content (AvgIpc) is 2.57. The van der Waals surface area contributed by atoms with Gasteiger partial charge in [-0.05, 0) is 63.5 Å². The number of carbonyl (C=O) groups is 3. The molecule has 1 amide bonds. The number of esters is 1. The number of methoxy groups -OCH3 is 1. The summed E-state index contributed by atoms with van der Waals surface area (Å²) < 4.78 is 52.7. The SMILES string of the molecule is CC(C)(C)OC=O.COC(=O)c1nc(Br)c(C(F)(F)F)cc1N(C)C(=O)OC(C)(C)C. The van der Waals surface area contributed by atoms with Gasteiger partial charge in [-0.1, -0.05) is 0 Å². The Bertz CT molecular complexity index is 802. The molecular formula is C19H26BrF3N2O6. The zero-order valence-electron chi connectivity index (χ0n) is 18.5. The fraction of sp³-hybridized carbons (Fsp3) is 0.579. The molecule has 0 aromatic carbocycles. The van der Waals surface area contributed by atoms with Crippen LogP contribution in [0.3, 0.4) is 0 Å².